The predicted octanol–water partition coefficient (Wildman–Crippen LogP) is 2.81. The van der Waals surface area contributed by atoms with E-state index in [-0.39, 0.29) is 5.56 Å². The van der Waals surface area contributed by atoms with Crippen LogP contribution in [0.15, 0.2) is 24.3 Å². The lowest BCUT2D eigenvalue weighted by atomic mass is 9.79. The van der Waals surface area contributed by atoms with Gasteiger partial charge in [0, 0.05) is 5.56 Å². The molecular formula is C15H23F2NO2S. The molecule has 0 saturated carbocycles. The minimum Gasteiger partial charge on any atom is -0.393 e. The van der Waals surface area contributed by atoms with Crippen LogP contribution in [0.4, 0.5) is 8.78 Å². The van der Waals surface area contributed by atoms with E-state index in [0.29, 0.717) is 0 Å². The van der Waals surface area contributed by atoms with E-state index in [1.54, 1.807) is 26.8 Å². The monoisotopic (exact) mass is 319 g/mol. The van der Waals surface area contributed by atoms with Crippen LogP contribution in [0.25, 0.3) is 0 Å². The first-order chi connectivity index (χ1) is 9.45. The summed E-state index contributed by atoms with van der Waals surface area (Å²) in [5, 5.41) is 9.36. The lowest BCUT2D eigenvalue weighted by Gasteiger charge is -2.42. The van der Waals surface area contributed by atoms with Crippen molar-refractivity contribution in [2.45, 2.75) is 50.6 Å². The van der Waals surface area contributed by atoms with Gasteiger partial charge in [0.25, 0.3) is 0 Å². The molecule has 120 valence electrons. The van der Waals surface area contributed by atoms with Crippen molar-refractivity contribution in [1.29, 1.82) is 0 Å². The highest BCUT2D eigenvalue weighted by molar-refractivity contribution is 7.84. The van der Waals surface area contributed by atoms with Gasteiger partial charge in [-0.1, -0.05) is 18.2 Å². The van der Waals surface area contributed by atoms with Crippen molar-refractivity contribution in [1.82, 2.24) is 4.72 Å². The van der Waals surface area contributed by atoms with E-state index in [4.69, 9.17) is 0 Å². The molecule has 0 aliphatic rings. The third kappa shape index (κ3) is 3.67. The maximum absolute atomic E-state index is 14.9. The Hall–Kier alpha value is -0.850. The summed E-state index contributed by atoms with van der Waals surface area (Å²) in [6.45, 7) is 6.93. The number of nitrogens with one attached hydrogen (secondary N) is 1. The summed E-state index contributed by atoms with van der Waals surface area (Å²) >= 11 is 0. The van der Waals surface area contributed by atoms with Gasteiger partial charge in [-0.3, -0.25) is 0 Å². The van der Waals surface area contributed by atoms with E-state index in [9.17, 15) is 18.1 Å². The van der Waals surface area contributed by atoms with Crippen molar-refractivity contribution in [3.05, 3.63) is 35.6 Å². The van der Waals surface area contributed by atoms with Gasteiger partial charge in [-0.25, -0.2) is 17.7 Å². The zero-order valence-corrected chi connectivity index (χ0v) is 13.9. The summed E-state index contributed by atoms with van der Waals surface area (Å²) in [6.07, 6.45) is 0. The molecule has 0 spiro atoms. The minimum atomic E-state index is -2.20. The second-order valence-electron chi connectivity index (χ2n) is 6.44. The molecule has 0 unspecified atom stereocenters. The fourth-order valence-electron chi connectivity index (χ4n) is 1.81. The lowest BCUT2D eigenvalue weighted by Crippen LogP contribution is -2.59. The van der Waals surface area contributed by atoms with Gasteiger partial charge in [0.1, 0.15) is 5.82 Å². The third-order valence-electron chi connectivity index (χ3n) is 3.61. The van der Waals surface area contributed by atoms with E-state index < -0.39 is 39.4 Å². The number of aliphatic hydroxyl groups excluding tert-OH is 1. The Morgan fingerprint density at radius 1 is 1.19 bits per heavy atom. The molecule has 0 saturated heterocycles. The molecule has 0 fully saturated rings. The molecule has 1 aromatic rings. The number of rotatable bonds is 5. The Morgan fingerprint density at radius 3 is 2.14 bits per heavy atom. The Balaban J connectivity index is 3.39. The Bertz CT molecular complexity index is 529. The van der Waals surface area contributed by atoms with E-state index in [2.05, 4.69) is 4.72 Å². The van der Waals surface area contributed by atoms with Crippen molar-refractivity contribution in [3.8, 4) is 0 Å². The van der Waals surface area contributed by atoms with Crippen molar-refractivity contribution >= 4 is 11.0 Å². The smallest absolute Gasteiger partial charge is 0.153 e. The summed E-state index contributed by atoms with van der Waals surface area (Å²) < 4.78 is 43.4. The van der Waals surface area contributed by atoms with Crippen molar-refractivity contribution in [3.63, 3.8) is 0 Å². The fraction of sp³-hybridized carbons (Fsp3) is 0.600. The van der Waals surface area contributed by atoms with Crippen LogP contribution in [0.5, 0.6) is 0 Å². The average molecular weight is 319 g/mol. The van der Waals surface area contributed by atoms with Crippen LogP contribution in [-0.4, -0.2) is 26.3 Å². The molecule has 21 heavy (non-hydrogen) atoms. The zero-order chi connectivity index (χ0) is 16.5. The Morgan fingerprint density at radius 2 is 1.71 bits per heavy atom. The molecule has 0 bridgehead atoms. The first kappa shape index (κ1) is 18.2. The van der Waals surface area contributed by atoms with Crippen LogP contribution < -0.4 is 4.72 Å². The highest BCUT2D eigenvalue weighted by atomic mass is 32.2. The van der Waals surface area contributed by atoms with E-state index in [1.807, 2.05) is 0 Å². The molecular weight excluding hydrogens is 296 g/mol. The van der Waals surface area contributed by atoms with Crippen LogP contribution in [0.1, 0.15) is 40.2 Å². The van der Waals surface area contributed by atoms with Crippen molar-refractivity contribution in [2.24, 2.45) is 0 Å². The third-order valence-corrected chi connectivity index (χ3v) is 5.31. The lowest BCUT2D eigenvalue weighted by molar-refractivity contribution is 0.00988. The van der Waals surface area contributed by atoms with Gasteiger partial charge in [0.15, 0.2) is 5.67 Å². The molecule has 0 amide bonds. The standard InChI is InChI=1S/C15H23F2NO2S/c1-13(2,3)21(20)18-15(5,14(4,17)10-19)11-8-6-7-9-12(11)16/h6-9,18-19H,10H2,1-5H3/t14-,15+,21-/m0/s1. The van der Waals surface area contributed by atoms with Gasteiger partial charge >= 0.3 is 0 Å². The highest BCUT2D eigenvalue weighted by Crippen LogP contribution is 2.38. The second kappa shape index (κ2) is 6.10. The fourth-order valence-corrected chi connectivity index (χ4v) is 2.81. The topological polar surface area (TPSA) is 49.3 Å². The van der Waals surface area contributed by atoms with Gasteiger partial charge < -0.3 is 5.11 Å². The van der Waals surface area contributed by atoms with Gasteiger partial charge in [-0.05, 0) is 40.7 Å². The van der Waals surface area contributed by atoms with Crippen LogP contribution in [0.2, 0.25) is 0 Å². The summed E-state index contributed by atoms with van der Waals surface area (Å²) in [6, 6.07) is 5.71. The first-order valence-corrected chi connectivity index (χ1v) is 7.85. The SMILES string of the molecule is CC(C)(C)[S@](=O)N[C@](C)(c1ccccc1F)[C@@](C)(F)CO. The molecule has 0 heterocycles. The molecule has 0 aliphatic heterocycles. The molecule has 6 heteroatoms. The van der Waals surface area contributed by atoms with E-state index in [0.717, 1.165) is 6.92 Å². The number of aliphatic hydroxyl groups is 1. The van der Waals surface area contributed by atoms with Gasteiger partial charge in [-0.2, -0.15) is 0 Å². The number of benzene rings is 1. The number of halogens is 2. The maximum Gasteiger partial charge on any atom is 0.153 e. The summed E-state index contributed by atoms with van der Waals surface area (Å²) in [4.78, 5) is 0. The maximum atomic E-state index is 14.9. The van der Waals surface area contributed by atoms with Crippen LogP contribution in [0, 0.1) is 5.82 Å². The summed E-state index contributed by atoms with van der Waals surface area (Å²) in [5.41, 5.74) is -3.80. The van der Waals surface area contributed by atoms with Gasteiger partial charge in [0.2, 0.25) is 0 Å². The molecule has 0 radical (unpaired) electrons. The zero-order valence-electron chi connectivity index (χ0n) is 13.0. The van der Waals surface area contributed by atoms with E-state index >= 15 is 0 Å². The Labute approximate surface area is 127 Å². The quantitative estimate of drug-likeness (QED) is 0.877. The van der Waals surface area contributed by atoms with Crippen LogP contribution >= 0.6 is 0 Å². The van der Waals surface area contributed by atoms with Gasteiger partial charge in [0.05, 0.1) is 27.9 Å². The Kier molecular flexibility index (Phi) is 5.29. The number of hydrogen-bond acceptors (Lipinski definition) is 2. The normalized spacial score (nSPS) is 19.6. The van der Waals surface area contributed by atoms with E-state index in [1.165, 1.54) is 25.1 Å². The van der Waals surface area contributed by atoms with Crippen LogP contribution in [0.3, 0.4) is 0 Å². The molecule has 3 nitrogen and oxygen atoms in total. The first-order valence-electron chi connectivity index (χ1n) is 6.70. The number of alkyl halides is 1. The average Bonchev–Trinajstić information content (AvgIpc) is 2.37. The largest absolute Gasteiger partial charge is 0.393 e. The molecule has 1 aromatic carbocycles. The molecule has 2 N–H and O–H groups in total. The second-order valence-corrected chi connectivity index (χ2v) is 8.41. The van der Waals surface area contributed by atoms with Crippen LogP contribution in [-0.2, 0) is 16.5 Å². The summed E-state index contributed by atoms with van der Waals surface area (Å²) in [5.74, 6) is -0.615. The van der Waals surface area contributed by atoms with Crippen molar-refractivity contribution in [2.75, 3.05) is 6.61 Å². The molecule has 0 aliphatic carbocycles. The predicted molar refractivity (Wildman–Crippen MR) is 81.4 cm³/mol. The molecule has 0 aromatic heterocycles. The summed E-state index contributed by atoms with van der Waals surface area (Å²) in [7, 11) is -1.63. The van der Waals surface area contributed by atoms with Crippen molar-refractivity contribution < 1.29 is 18.1 Å². The molecule has 3 atom stereocenters. The highest BCUT2D eigenvalue weighted by Gasteiger charge is 2.49. The molecule has 1 rings (SSSR count). The van der Waals surface area contributed by atoms with Gasteiger partial charge in [-0.15, -0.1) is 0 Å². The number of hydrogen-bond donors (Lipinski definition) is 2. The minimum absolute atomic E-state index is 0.0293.